The summed E-state index contributed by atoms with van der Waals surface area (Å²) in [7, 11) is 0. The number of aromatic nitrogens is 6. The molecule has 0 saturated carbocycles. The second-order valence-corrected chi connectivity index (χ2v) is 14.5. The van der Waals surface area contributed by atoms with Crippen LogP contribution in [0, 0.1) is 0 Å². The third-order valence-electron chi connectivity index (χ3n) is 9.23. The molecule has 2 saturated heterocycles. The summed E-state index contributed by atoms with van der Waals surface area (Å²) >= 11 is 4.94. The third-order valence-corrected chi connectivity index (χ3v) is 9.42. The Bertz CT molecular complexity index is 2060. The third kappa shape index (κ3) is 15.8. The minimum absolute atomic E-state index is 0. The fraction of sp³-hybridized carbons (Fsp3) is 0.538. The van der Waals surface area contributed by atoms with Crippen LogP contribution in [-0.4, -0.2) is 79.5 Å². The molecule has 4 aromatic heterocycles. The van der Waals surface area contributed by atoms with E-state index in [0.29, 0.717) is 87.1 Å². The number of nitrogens with one attached hydrogen (secondary N) is 1. The molecule has 0 bridgehead atoms. The number of alkyl halides is 12. The average Bonchev–Trinajstić information content (AvgIpc) is 3.87. The van der Waals surface area contributed by atoms with E-state index in [1.807, 2.05) is 12.0 Å². The molecule has 6 rings (SSSR count). The lowest BCUT2D eigenvalue weighted by Gasteiger charge is -2.32. The lowest BCUT2D eigenvalue weighted by atomic mass is 10.1. The monoisotopic (exact) mass is 952 g/mol. The number of hydrogen-bond donors (Lipinski definition) is 1. The number of rotatable bonds is 10. The van der Waals surface area contributed by atoms with E-state index < -0.39 is 59.2 Å². The molecule has 2 aliphatic heterocycles. The highest BCUT2D eigenvalue weighted by atomic mass is 35.5. The van der Waals surface area contributed by atoms with Gasteiger partial charge < -0.3 is 19.3 Å². The molecular weight excluding hydrogens is 908 g/mol. The molecule has 25 heteroatoms. The van der Waals surface area contributed by atoms with E-state index in [0.717, 1.165) is 37.0 Å². The largest absolute Gasteiger partial charge is 0.474 e. The van der Waals surface area contributed by atoms with Gasteiger partial charge in [-0.3, -0.25) is 14.7 Å². The highest BCUT2D eigenvalue weighted by molar-refractivity contribution is 6.63. The van der Waals surface area contributed by atoms with Crippen molar-refractivity contribution in [3.8, 4) is 11.8 Å². The van der Waals surface area contributed by atoms with Gasteiger partial charge in [-0.25, -0.2) is 9.97 Å². The summed E-state index contributed by atoms with van der Waals surface area (Å²) in [5, 5.41) is 8.48. The number of piperidine rings is 2. The summed E-state index contributed by atoms with van der Waals surface area (Å²) < 4.78 is 164. The molecule has 2 aliphatic rings. The molecule has 12 nitrogen and oxygen atoms in total. The van der Waals surface area contributed by atoms with E-state index in [1.165, 1.54) is 12.1 Å². The van der Waals surface area contributed by atoms with Crippen LogP contribution < -0.4 is 19.3 Å². The molecule has 0 aromatic carbocycles. The second kappa shape index (κ2) is 22.6. The molecule has 64 heavy (non-hydrogen) atoms. The van der Waals surface area contributed by atoms with Crippen LogP contribution in [0.3, 0.4) is 0 Å². The van der Waals surface area contributed by atoms with Crippen LogP contribution in [0.4, 0.5) is 64.3 Å². The van der Waals surface area contributed by atoms with Gasteiger partial charge in [0.1, 0.15) is 29.5 Å². The molecule has 6 heterocycles. The standard InChI is InChI=1S/C19H20F6N4O2.C15H14F6N4O.C4H7ClO.CH4/c1-2-3-16(30)29-17(10-14(27-29)19(23,24)25)31-13-6-8-28(9-7-13)15-5-4-12(11-26-15)18(20,21)22;16-14(17,18)9-1-2-12(22-8-9)25-5-3-10(4-6-25)26-13-7-11(23-24-13)15(19,20)21;1-2-3-4(5)6;/h4-5,10-11,13H,2-3,6-9H2,1H3;1-2,7-8,10H,3-6H2,(H,23,24);2-3H2,1H3;1H4. The van der Waals surface area contributed by atoms with Gasteiger partial charge in [0.05, 0.1) is 11.1 Å². The Kier molecular flexibility index (Phi) is 18.7. The van der Waals surface area contributed by atoms with E-state index in [9.17, 15) is 62.3 Å². The van der Waals surface area contributed by atoms with Gasteiger partial charge in [0.15, 0.2) is 5.69 Å². The minimum atomic E-state index is -4.71. The molecular formula is C39H45ClF12N8O4. The molecule has 4 aromatic rings. The average molecular weight is 953 g/mol. The van der Waals surface area contributed by atoms with Gasteiger partial charge in [0.25, 0.3) is 0 Å². The lowest BCUT2D eigenvalue weighted by molar-refractivity contribution is -0.142. The molecule has 2 fully saturated rings. The Labute approximate surface area is 364 Å². The molecule has 0 atom stereocenters. The number of carbonyl (C=O) groups excluding carboxylic acids is 2. The maximum Gasteiger partial charge on any atom is 0.435 e. The number of halogens is 13. The van der Waals surface area contributed by atoms with Gasteiger partial charge in [-0.2, -0.15) is 62.5 Å². The Balaban J connectivity index is 0.000000301. The van der Waals surface area contributed by atoms with Crippen LogP contribution in [0.1, 0.15) is 99.9 Å². The number of hydrogen-bond acceptors (Lipinski definition) is 10. The van der Waals surface area contributed by atoms with Gasteiger partial charge in [0, 0.05) is 89.2 Å². The topological polar surface area (TPSA) is 131 Å². The van der Waals surface area contributed by atoms with Crippen molar-refractivity contribution in [1.29, 1.82) is 0 Å². The predicted octanol–water partition coefficient (Wildman–Crippen LogP) is 10.9. The van der Waals surface area contributed by atoms with E-state index in [1.54, 1.807) is 16.7 Å². The first-order valence-corrected chi connectivity index (χ1v) is 19.7. The SMILES string of the molecule is C.CCCC(=O)Cl.CCCC(=O)n1nc(C(F)(F)F)cc1OC1CCN(c2ccc(C(F)(F)F)cn2)CC1.FC(F)(F)c1ccc(N2CCC(Oc3cc(C(F)(F)F)[nH]n3)CC2)nc1. The second-order valence-electron chi connectivity index (χ2n) is 14.1. The normalized spacial score (nSPS) is 15.3. The molecule has 0 radical (unpaired) electrons. The summed E-state index contributed by atoms with van der Waals surface area (Å²) in [6, 6.07) is 5.99. The number of aromatic amines is 1. The Morgan fingerprint density at radius 2 is 1.16 bits per heavy atom. The molecule has 356 valence electrons. The van der Waals surface area contributed by atoms with Gasteiger partial charge in [-0.15, -0.1) is 5.10 Å². The van der Waals surface area contributed by atoms with Crippen LogP contribution in [0.15, 0.2) is 48.8 Å². The van der Waals surface area contributed by atoms with Gasteiger partial charge in [-0.1, -0.05) is 21.3 Å². The zero-order valence-electron chi connectivity index (χ0n) is 33.4. The Morgan fingerprint density at radius 3 is 1.50 bits per heavy atom. The maximum absolute atomic E-state index is 13.0. The van der Waals surface area contributed by atoms with Crippen molar-refractivity contribution < 1.29 is 71.7 Å². The van der Waals surface area contributed by atoms with Gasteiger partial charge >= 0.3 is 24.7 Å². The highest BCUT2D eigenvalue weighted by Gasteiger charge is 2.38. The molecule has 0 spiro atoms. The number of anilines is 2. The fourth-order valence-corrected chi connectivity index (χ4v) is 6.21. The van der Waals surface area contributed by atoms with Crippen molar-refractivity contribution in [3.05, 3.63) is 71.3 Å². The fourth-order valence-electron chi connectivity index (χ4n) is 6.02. The summed E-state index contributed by atoms with van der Waals surface area (Å²) in [4.78, 5) is 33.2. The Hall–Kier alpha value is -5.29. The van der Waals surface area contributed by atoms with Crippen LogP contribution >= 0.6 is 11.6 Å². The minimum Gasteiger partial charge on any atom is -0.474 e. The number of pyridine rings is 2. The maximum atomic E-state index is 13.0. The first-order chi connectivity index (χ1) is 29.4. The number of nitrogens with zero attached hydrogens (tertiary/aromatic N) is 7. The highest BCUT2D eigenvalue weighted by Crippen LogP contribution is 2.34. The van der Waals surface area contributed by atoms with Gasteiger partial charge in [0.2, 0.25) is 22.9 Å². The van der Waals surface area contributed by atoms with Crippen molar-refractivity contribution in [2.24, 2.45) is 0 Å². The number of H-pyrrole nitrogens is 1. The zero-order chi connectivity index (χ0) is 46.8. The molecule has 0 unspecified atom stereocenters. The smallest absolute Gasteiger partial charge is 0.435 e. The Morgan fingerprint density at radius 1 is 0.688 bits per heavy atom. The van der Waals surface area contributed by atoms with Crippen LogP contribution in [0.5, 0.6) is 11.8 Å². The van der Waals surface area contributed by atoms with Gasteiger partial charge in [-0.05, 0) is 48.7 Å². The quantitative estimate of drug-likeness (QED) is 0.121. The van der Waals surface area contributed by atoms with Crippen LogP contribution in [0.2, 0.25) is 0 Å². The first-order valence-electron chi connectivity index (χ1n) is 19.3. The van der Waals surface area contributed by atoms with E-state index in [-0.39, 0.29) is 37.0 Å². The summed E-state index contributed by atoms with van der Waals surface area (Å²) in [5.41, 5.74) is -3.87. The van der Waals surface area contributed by atoms with Crippen LogP contribution in [0.25, 0.3) is 0 Å². The van der Waals surface area contributed by atoms with Crippen molar-refractivity contribution in [3.63, 3.8) is 0 Å². The molecule has 1 N–H and O–H groups in total. The molecule has 0 amide bonds. The predicted molar refractivity (Wildman–Crippen MR) is 209 cm³/mol. The van der Waals surface area contributed by atoms with Crippen molar-refractivity contribution >= 4 is 34.4 Å². The number of carbonyl (C=O) groups is 2. The summed E-state index contributed by atoms with van der Waals surface area (Å²) in [6.07, 6.45) is -13.9. The van der Waals surface area contributed by atoms with Crippen molar-refractivity contribution in [2.75, 3.05) is 36.0 Å². The van der Waals surface area contributed by atoms with E-state index in [2.05, 4.69) is 20.2 Å². The number of ether oxygens (including phenoxy) is 2. The summed E-state index contributed by atoms with van der Waals surface area (Å²) in [5.74, 6) is -0.218. The van der Waals surface area contributed by atoms with E-state index >= 15 is 0 Å². The zero-order valence-corrected chi connectivity index (χ0v) is 34.2. The summed E-state index contributed by atoms with van der Waals surface area (Å²) in [6.45, 7) is 5.31. The lowest BCUT2D eigenvalue weighted by Crippen LogP contribution is -2.39. The van der Waals surface area contributed by atoms with Crippen molar-refractivity contribution in [2.45, 2.75) is 110 Å². The van der Waals surface area contributed by atoms with Crippen molar-refractivity contribution in [1.82, 2.24) is 29.9 Å². The molecule has 0 aliphatic carbocycles. The van der Waals surface area contributed by atoms with E-state index in [4.69, 9.17) is 21.1 Å². The first kappa shape index (κ1) is 53.1. The van der Waals surface area contributed by atoms with Crippen LogP contribution in [-0.2, 0) is 29.5 Å².